The van der Waals surface area contributed by atoms with Gasteiger partial charge in [-0.15, -0.1) is 0 Å². The standard InChI is InChI=1S/C16H16N2O4/c1-9(10-3-2-6-17-7-10)18-8-16-5-4-11(22-16)12(15(20)21)13(16)14(18)19/h2-7,9,11-13H,8H2,1H3,(H,20,21). The Morgan fingerprint density at radius 1 is 1.59 bits per heavy atom. The van der Waals surface area contributed by atoms with Crippen LogP contribution >= 0.6 is 0 Å². The van der Waals surface area contributed by atoms with Crippen molar-refractivity contribution in [1.82, 2.24) is 9.88 Å². The first-order valence-electron chi connectivity index (χ1n) is 7.34. The predicted molar refractivity (Wildman–Crippen MR) is 75.7 cm³/mol. The van der Waals surface area contributed by atoms with Gasteiger partial charge in [0, 0.05) is 12.4 Å². The summed E-state index contributed by atoms with van der Waals surface area (Å²) in [6.45, 7) is 2.32. The Hall–Kier alpha value is -2.21. The number of likely N-dealkylation sites (tertiary alicyclic amines) is 1. The summed E-state index contributed by atoms with van der Waals surface area (Å²) in [5.41, 5.74) is 0.152. The van der Waals surface area contributed by atoms with E-state index < -0.39 is 29.5 Å². The fraction of sp³-hybridized carbons (Fsp3) is 0.438. The monoisotopic (exact) mass is 300 g/mol. The van der Waals surface area contributed by atoms with Gasteiger partial charge in [-0.1, -0.05) is 18.2 Å². The molecule has 1 aromatic rings. The van der Waals surface area contributed by atoms with Crippen molar-refractivity contribution >= 4 is 11.9 Å². The van der Waals surface area contributed by atoms with E-state index in [-0.39, 0.29) is 11.9 Å². The number of carboxylic acids is 1. The van der Waals surface area contributed by atoms with Crippen LogP contribution in [0.15, 0.2) is 36.7 Å². The van der Waals surface area contributed by atoms with E-state index in [0.717, 1.165) is 5.56 Å². The third-order valence-corrected chi connectivity index (χ3v) is 5.05. The number of carbonyl (C=O) groups excluding carboxylic acids is 1. The van der Waals surface area contributed by atoms with Gasteiger partial charge in [0.25, 0.3) is 0 Å². The molecule has 114 valence electrons. The molecule has 4 heterocycles. The van der Waals surface area contributed by atoms with Crippen LogP contribution in [-0.2, 0) is 14.3 Å². The van der Waals surface area contributed by atoms with Gasteiger partial charge in [-0.3, -0.25) is 14.6 Å². The number of ether oxygens (including phenoxy) is 1. The molecule has 0 saturated carbocycles. The predicted octanol–water partition coefficient (Wildman–Crippen LogP) is 1.01. The summed E-state index contributed by atoms with van der Waals surface area (Å²) < 4.78 is 5.87. The quantitative estimate of drug-likeness (QED) is 0.843. The topological polar surface area (TPSA) is 79.7 Å². The van der Waals surface area contributed by atoms with Crippen molar-refractivity contribution in [2.75, 3.05) is 6.54 Å². The number of hydrogen-bond donors (Lipinski definition) is 1. The molecule has 2 saturated heterocycles. The lowest BCUT2D eigenvalue weighted by Crippen LogP contribution is -2.39. The Kier molecular flexibility index (Phi) is 2.69. The molecule has 5 atom stereocenters. The molecule has 3 aliphatic heterocycles. The fourth-order valence-electron chi connectivity index (χ4n) is 3.94. The molecule has 1 N–H and O–H groups in total. The Labute approximate surface area is 127 Å². The van der Waals surface area contributed by atoms with Gasteiger partial charge in [-0.05, 0) is 18.6 Å². The second-order valence-electron chi connectivity index (χ2n) is 6.17. The number of carbonyl (C=O) groups is 2. The summed E-state index contributed by atoms with van der Waals surface area (Å²) >= 11 is 0. The first-order chi connectivity index (χ1) is 10.5. The SMILES string of the molecule is CC(c1cccnc1)N1CC23C=CC(O2)C(C(=O)O)C3C1=O. The normalized spacial score (nSPS) is 36.7. The molecule has 3 aliphatic rings. The second kappa shape index (κ2) is 4.39. The Morgan fingerprint density at radius 3 is 3.09 bits per heavy atom. The minimum absolute atomic E-state index is 0.143. The minimum Gasteiger partial charge on any atom is -0.481 e. The number of rotatable bonds is 3. The van der Waals surface area contributed by atoms with E-state index in [1.165, 1.54) is 0 Å². The molecular weight excluding hydrogens is 284 g/mol. The van der Waals surface area contributed by atoms with Crippen molar-refractivity contribution in [3.63, 3.8) is 0 Å². The first kappa shape index (κ1) is 13.5. The smallest absolute Gasteiger partial charge is 0.310 e. The molecule has 22 heavy (non-hydrogen) atoms. The lowest BCUT2D eigenvalue weighted by atomic mass is 9.77. The summed E-state index contributed by atoms with van der Waals surface area (Å²) in [6, 6.07) is 3.58. The van der Waals surface area contributed by atoms with E-state index in [4.69, 9.17) is 4.74 Å². The van der Waals surface area contributed by atoms with Gasteiger partial charge < -0.3 is 14.7 Å². The maximum Gasteiger partial charge on any atom is 0.310 e. The highest BCUT2D eigenvalue weighted by Crippen LogP contribution is 2.53. The van der Waals surface area contributed by atoms with Crippen LogP contribution in [0.5, 0.6) is 0 Å². The van der Waals surface area contributed by atoms with Gasteiger partial charge in [-0.2, -0.15) is 0 Å². The summed E-state index contributed by atoms with van der Waals surface area (Å²) in [6.07, 6.45) is 6.58. The van der Waals surface area contributed by atoms with E-state index in [9.17, 15) is 14.7 Å². The molecule has 6 heteroatoms. The number of amides is 1. The van der Waals surface area contributed by atoms with Gasteiger partial charge in [0.05, 0.1) is 24.6 Å². The lowest BCUT2D eigenvalue weighted by molar-refractivity contribution is -0.148. The molecule has 1 aromatic heterocycles. The van der Waals surface area contributed by atoms with Crippen LogP contribution < -0.4 is 0 Å². The molecule has 1 spiro atoms. The van der Waals surface area contributed by atoms with E-state index in [2.05, 4.69) is 4.98 Å². The molecule has 0 aliphatic carbocycles. The van der Waals surface area contributed by atoms with Crippen LogP contribution in [0, 0.1) is 11.8 Å². The summed E-state index contributed by atoms with van der Waals surface area (Å²) in [4.78, 5) is 30.2. The highest BCUT2D eigenvalue weighted by molar-refractivity contribution is 5.91. The van der Waals surface area contributed by atoms with E-state index in [1.54, 1.807) is 23.4 Å². The fourth-order valence-corrected chi connectivity index (χ4v) is 3.94. The molecule has 0 aromatic carbocycles. The largest absolute Gasteiger partial charge is 0.481 e. The number of aliphatic carboxylic acids is 1. The third-order valence-electron chi connectivity index (χ3n) is 5.05. The highest BCUT2D eigenvalue weighted by Gasteiger charge is 2.67. The zero-order valence-electron chi connectivity index (χ0n) is 12.0. The Balaban J connectivity index is 1.68. The van der Waals surface area contributed by atoms with Crippen LogP contribution in [-0.4, -0.2) is 45.1 Å². The molecule has 1 amide bonds. The molecule has 0 radical (unpaired) electrons. The summed E-state index contributed by atoms with van der Waals surface area (Å²) in [5.74, 6) is -2.52. The molecule has 5 unspecified atom stereocenters. The zero-order valence-corrected chi connectivity index (χ0v) is 12.0. The molecule has 4 rings (SSSR count). The molecular formula is C16H16N2O4. The van der Waals surface area contributed by atoms with Crippen LogP contribution in [0.4, 0.5) is 0 Å². The van der Waals surface area contributed by atoms with E-state index in [1.807, 2.05) is 25.1 Å². The highest BCUT2D eigenvalue weighted by atomic mass is 16.5. The van der Waals surface area contributed by atoms with Crippen molar-refractivity contribution in [1.29, 1.82) is 0 Å². The second-order valence-corrected chi connectivity index (χ2v) is 6.17. The maximum atomic E-state index is 12.8. The number of hydrogen-bond acceptors (Lipinski definition) is 4. The van der Waals surface area contributed by atoms with Crippen molar-refractivity contribution in [2.24, 2.45) is 11.8 Å². The third kappa shape index (κ3) is 1.61. The zero-order chi connectivity index (χ0) is 15.5. The first-order valence-corrected chi connectivity index (χ1v) is 7.34. The van der Waals surface area contributed by atoms with Gasteiger partial charge in [-0.25, -0.2) is 0 Å². The minimum atomic E-state index is -0.967. The number of nitrogens with zero attached hydrogens (tertiary/aromatic N) is 2. The van der Waals surface area contributed by atoms with Gasteiger partial charge in [0.15, 0.2) is 0 Å². The number of carboxylic acid groups (broad SMARTS) is 1. The Morgan fingerprint density at radius 2 is 2.41 bits per heavy atom. The summed E-state index contributed by atoms with van der Waals surface area (Å²) in [7, 11) is 0. The molecule has 6 nitrogen and oxygen atoms in total. The van der Waals surface area contributed by atoms with Crippen LogP contribution in [0.2, 0.25) is 0 Å². The van der Waals surface area contributed by atoms with Crippen molar-refractivity contribution in [3.05, 3.63) is 42.2 Å². The van der Waals surface area contributed by atoms with Crippen LogP contribution in [0.25, 0.3) is 0 Å². The van der Waals surface area contributed by atoms with Crippen molar-refractivity contribution in [2.45, 2.75) is 24.7 Å². The number of fused-ring (bicyclic) bond motifs is 1. The van der Waals surface area contributed by atoms with Gasteiger partial charge >= 0.3 is 5.97 Å². The van der Waals surface area contributed by atoms with Crippen LogP contribution in [0.3, 0.4) is 0 Å². The Bertz CT molecular complexity index is 674. The van der Waals surface area contributed by atoms with E-state index in [0.29, 0.717) is 6.54 Å². The number of aromatic nitrogens is 1. The average Bonchev–Trinajstić information content (AvgIpc) is 3.15. The van der Waals surface area contributed by atoms with Crippen molar-refractivity contribution in [3.8, 4) is 0 Å². The summed E-state index contributed by atoms with van der Waals surface area (Å²) in [5, 5.41) is 9.44. The van der Waals surface area contributed by atoms with Crippen LogP contribution in [0.1, 0.15) is 18.5 Å². The maximum absolute atomic E-state index is 12.8. The van der Waals surface area contributed by atoms with Crippen molar-refractivity contribution < 1.29 is 19.4 Å². The average molecular weight is 300 g/mol. The lowest BCUT2D eigenvalue weighted by Gasteiger charge is -2.27. The van der Waals surface area contributed by atoms with Gasteiger partial charge in [0.2, 0.25) is 5.91 Å². The number of pyridine rings is 1. The van der Waals surface area contributed by atoms with E-state index >= 15 is 0 Å². The molecule has 2 fully saturated rings. The molecule has 2 bridgehead atoms. The van der Waals surface area contributed by atoms with Gasteiger partial charge in [0.1, 0.15) is 11.5 Å².